The number of imidazole rings is 1. The van der Waals surface area contributed by atoms with Crippen molar-refractivity contribution in [2.24, 2.45) is 0 Å². The molecule has 1 aliphatic rings. The Morgan fingerprint density at radius 3 is 2.64 bits per heavy atom. The summed E-state index contributed by atoms with van der Waals surface area (Å²) in [4.78, 5) is 4.42. The molecule has 2 aromatic rings. The van der Waals surface area contributed by atoms with Gasteiger partial charge in [-0.15, -0.1) is 0 Å². The molecular weight excluding hydrogens is 362 g/mol. The van der Waals surface area contributed by atoms with Crippen LogP contribution >= 0.6 is 0 Å². The summed E-state index contributed by atoms with van der Waals surface area (Å²) >= 11 is 0. The van der Waals surface area contributed by atoms with Crippen LogP contribution in [0.25, 0.3) is 0 Å². The molecule has 0 aliphatic carbocycles. The molecule has 1 aliphatic heterocycles. The molecule has 0 amide bonds. The maximum atomic E-state index is 12.6. The Morgan fingerprint density at radius 1 is 1.20 bits per heavy atom. The standard InChI is InChI=1S/C16H21N3O4S2/c1-12-6-7-14(24(2,20)21)9-15(12)25(22,23)17-10-13-11-19-8-4-3-5-16(19)18-13/h6-7,9,11,17H,3-5,8,10H2,1-2H3. The predicted octanol–water partition coefficient (Wildman–Crippen LogP) is 1.41. The van der Waals surface area contributed by atoms with Crippen molar-refractivity contribution in [3.8, 4) is 0 Å². The molecule has 2 heterocycles. The Hall–Kier alpha value is -1.71. The van der Waals surface area contributed by atoms with Crippen molar-refractivity contribution in [2.45, 2.75) is 49.1 Å². The number of benzene rings is 1. The molecule has 0 unspecified atom stereocenters. The highest BCUT2D eigenvalue weighted by Crippen LogP contribution is 2.21. The molecule has 0 spiro atoms. The number of nitrogens with one attached hydrogen (secondary N) is 1. The Balaban J connectivity index is 1.83. The van der Waals surface area contributed by atoms with E-state index in [4.69, 9.17) is 0 Å². The fraction of sp³-hybridized carbons (Fsp3) is 0.438. The smallest absolute Gasteiger partial charge is 0.241 e. The molecule has 25 heavy (non-hydrogen) atoms. The minimum Gasteiger partial charge on any atom is -0.335 e. The van der Waals surface area contributed by atoms with Gasteiger partial charge in [0.1, 0.15) is 5.82 Å². The molecule has 1 aromatic heterocycles. The van der Waals surface area contributed by atoms with Crippen molar-refractivity contribution in [3.63, 3.8) is 0 Å². The third kappa shape index (κ3) is 3.94. The van der Waals surface area contributed by atoms with Crippen LogP contribution in [0.3, 0.4) is 0 Å². The van der Waals surface area contributed by atoms with Crippen LogP contribution in [0.1, 0.15) is 29.9 Å². The number of fused-ring (bicyclic) bond motifs is 1. The van der Waals surface area contributed by atoms with Gasteiger partial charge in [-0.1, -0.05) is 6.07 Å². The maximum Gasteiger partial charge on any atom is 0.241 e. The molecule has 136 valence electrons. The lowest BCUT2D eigenvalue weighted by atomic mass is 10.2. The fourth-order valence-electron chi connectivity index (χ4n) is 2.90. The zero-order valence-electron chi connectivity index (χ0n) is 14.2. The van der Waals surface area contributed by atoms with Crippen molar-refractivity contribution < 1.29 is 16.8 Å². The van der Waals surface area contributed by atoms with Crippen LogP contribution in [0.2, 0.25) is 0 Å². The largest absolute Gasteiger partial charge is 0.335 e. The van der Waals surface area contributed by atoms with Gasteiger partial charge in [-0.05, 0) is 37.5 Å². The molecule has 0 fully saturated rings. The zero-order chi connectivity index (χ0) is 18.2. The summed E-state index contributed by atoms with van der Waals surface area (Å²) in [5, 5.41) is 0. The Bertz CT molecular complexity index is 984. The van der Waals surface area contributed by atoms with Gasteiger partial charge in [-0.25, -0.2) is 26.5 Å². The quantitative estimate of drug-likeness (QED) is 0.842. The van der Waals surface area contributed by atoms with Crippen LogP contribution in [-0.2, 0) is 39.4 Å². The second kappa shape index (κ2) is 6.54. The second-order valence-electron chi connectivity index (χ2n) is 6.32. The SMILES string of the molecule is Cc1ccc(S(C)(=O)=O)cc1S(=O)(=O)NCc1cn2c(n1)CCCC2. The van der Waals surface area contributed by atoms with Crippen LogP contribution in [0.4, 0.5) is 0 Å². The van der Waals surface area contributed by atoms with Crippen molar-refractivity contribution in [1.82, 2.24) is 14.3 Å². The van der Waals surface area contributed by atoms with E-state index >= 15 is 0 Å². The highest BCUT2D eigenvalue weighted by Gasteiger charge is 2.21. The first kappa shape index (κ1) is 18.1. The minimum absolute atomic E-state index is 0.0177. The first-order chi connectivity index (χ1) is 11.7. The van der Waals surface area contributed by atoms with Crippen molar-refractivity contribution >= 4 is 19.9 Å². The van der Waals surface area contributed by atoms with Crippen LogP contribution < -0.4 is 4.72 Å². The van der Waals surface area contributed by atoms with Gasteiger partial charge in [-0.3, -0.25) is 0 Å². The number of aromatic nitrogens is 2. The summed E-state index contributed by atoms with van der Waals surface area (Å²) < 4.78 is 53.2. The van der Waals surface area contributed by atoms with Gasteiger partial charge < -0.3 is 4.57 Å². The molecule has 7 nitrogen and oxygen atoms in total. The predicted molar refractivity (Wildman–Crippen MR) is 93.5 cm³/mol. The Morgan fingerprint density at radius 2 is 1.96 bits per heavy atom. The molecule has 0 atom stereocenters. The number of aryl methyl sites for hydroxylation is 3. The van der Waals surface area contributed by atoms with Crippen LogP contribution in [0.5, 0.6) is 0 Å². The first-order valence-corrected chi connectivity index (χ1v) is 11.4. The molecule has 1 aromatic carbocycles. The van der Waals surface area contributed by atoms with E-state index in [1.807, 2.05) is 6.20 Å². The average molecular weight is 383 g/mol. The molecule has 9 heteroatoms. The molecule has 0 saturated heterocycles. The fourth-order valence-corrected chi connectivity index (χ4v) is 4.89. The van der Waals surface area contributed by atoms with Crippen LogP contribution in [-0.4, -0.2) is 32.6 Å². The van der Waals surface area contributed by atoms with E-state index in [0.29, 0.717) is 11.3 Å². The normalized spacial score (nSPS) is 15.1. The lowest BCUT2D eigenvalue weighted by Crippen LogP contribution is -2.24. The van der Waals surface area contributed by atoms with E-state index in [0.717, 1.165) is 37.9 Å². The number of rotatable bonds is 5. The topological polar surface area (TPSA) is 98.1 Å². The number of hydrogen-bond acceptors (Lipinski definition) is 5. The monoisotopic (exact) mass is 383 g/mol. The van der Waals surface area contributed by atoms with E-state index < -0.39 is 19.9 Å². The Kier molecular flexibility index (Phi) is 4.74. The van der Waals surface area contributed by atoms with Gasteiger partial charge in [0.15, 0.2) is 9.84 Å². The van der Waals surface area contributed by atoms with Gasteiger partial charge in [0, 0.05) is 25.4 Å². The molecule has 0 saturated carbocycles. The molecule has 0 bridgehead atoms. The third-order valence-corrected chi connectivity index (χ3v) is 6.93. The highest BCUT2D eigenvalue weighted by molar-refractivity contribution is 7.91. The summed E-state index contributed by atoms with van der Waals surface area (Å²) in [6.45, 7) is 2.62. The van der Waals surface area contributed by atoms with E-state index in [1.165, 1.54) is 18.2 Å². The first-order valence-electron chi connectivity index (χ1n) is 8.02. The van der Waals surface area contributed by atoms with Crippen molar-refractivity contribution in [1.29, 1.82) is 0 Å². The van der Waals surface area contributed by atoms with Gasteiger partial charge in [0.05, 0.1) is 22.0 Å². The van der Waals surface area contributed by atoms with Crippen molar-refractivity contribution in [3.05, 3.63) is 41.5 Å². The molecule has 3 rings (SSSR count). The molecule has 0 radical (unpaired) electrons. The van der Waals surface area contributed by atoms with Gasteiger partial charge in [0.2, 0.25) is 10.0 Å². The van der Waals surface area contributed by atoms with Crippen LogP contribution in [0, 0.1) is 6.92 Å². The number of hydrogen-bond donors (Lipinski definition) is 1. The second-order valence-corrected chi connectivity index (χ2v) is 10.1. The zero-order valence-corrected chi connectivity index (χ0v) is 15.8. The molecular formula is C16H21N3O4S2. The summed E-state index contributed by atoms with van der Waals surface area (Å²) in [6.07, 6.45) is 6.03. The number of nitrogens with zero attached hydrogens (tertiary/aromatic N) is 2. The third-order valence-electron chi connectivity index (χ3n) is 4.28. The summed E-state index contributed by atoms with van der Waals surface area (Å²) in [5.41, 5.74) is 1.15. The van der Waals surface area contributed by atoms with E-state index in [-0.39, 0.29) is 16.3 Å². The highest BCUT2D eigenvalue weighted by atomic mass is 32.2. The van der Waals surface area contributed by atoms with E-state index in [1.54, 1.807) is 6.92 Å². The van der Waals surface area contributed by atoms with E-state index in [2.05, 4.69) is 14.3 Å². The molecule has 1 N–H and O–H groups in total. The summed E-state index contributed by atoms with van der Waals surface area (Å²) in [7, 11) is -7.32. The lowest BCUT2D eigenvalue weighted by molar-refractivity contribution is 0.522. The van der Waals surface area contributed by atoms with Crippen molar-refractivity contribution in [2.75, 3.05) is 6.26 Å². The number of sulfonamides is 1. The maximum absolute atomic E-state index is 12.6. The van der Waals surface area contributed by atoms with Gasteiger partial charge >= 0.3 is 0 Å². The van der Waals surface area contributed by atoms with Gasteiger partial charge in [-0.2, -0.15) is 0 Å². The minimum atomic E-state index is -3.84. The van der Waals surface area contributed by atoms with Crippen LogP contribution in [0.15, 0.2) is 34.2 Å². The average Bonchev–Trinajstić information content (AvgIpc) is 2.95. The Labute approximate surface area is 148 Å². The summed E-state index contributed by atoms with van der Waals surface area (Å²) in [6, 6.07) is 4.11. The number of sulfone groups is 1. The summed E-state index contributed by atoms with van der Waals surface area (Å²) in [5.74, 6) is 0.982. The lowest BCUT2D eigenvalue weighted by Gasteiger charge is -2.11. The van der Waals surface area contributed by atoms with E-state index in [9.17, 15) is 16.8 Å². The van der Waals surface area contributed by atoms with Gasteiger partial charge in [0.25, 0.3) is 0 Å².